The maximum absolute atomic E-state index is 12.5. The lowest BCUT2D eigenvalue weighted by atomic mass is 10.0. The van der Waals surface area contributed by atoms with Crippen LogP contribution in [0, 0.1) is 18.8 Å². The van der Waals surface area contributed by atoms with Gasteiger partial charge in [0.1, 0.15) is 5.82 Å². The van der Waals surface area contributed by atoms with Crippen LogP contribution in [0.5, 0.6) is 0 Å². The maximum Gasteiger partial charge on any atom is 0.262 e. The van der Waals surface area contributed by atoms with Crippen LogP contribution < -0.4 is 5.32 Å². The monoisotopic (exact) mass is 270 g/mol. The minimum atomic E-state index is -3.41. The Balaban J connectivity index is 1.87. The molecule has 2 aliphatic rings. The molecule has 7 heteroatoms. The normalized spacial score (nSPS) is 28.8. The molecule has 0 unspecified atom stereocenters. The lowest BCUT2D eigenvalue weighted by Gasteiger charge is -2.15. The Hall–Kier alpha value is -0.920. The molecule has 0 bridgehead atoms. The molecule has 0 aliphatic carbocycles. The minimum Gasteiger partial charge on any atom is -0.337 e. The van der Waals surface area contributed by atoms with Gasteiger partial charge < -0.3 is 9.88 Å². The van der Waals surface area contributed by atoms with Crippen molar-refractivity contribution in [1.29, 1.82) is 0 Å². The summed E-state index contributed by atoms with van der Waals surface area (Å²) in [5.41, 5.74) is 0. The van der Waals surface area contributed by atoms with E-state index >= 15 is 0 Å². The van der Waals surface area contributed by atoms with Gasteiger partial charge >= 0.3 is 0 Å². The summed E-state index contributed by atoms with van der Waals surface area (Å²) in [6.45, 7) is 4.91. The summed E-state index contributed by atoms with van der Waals surface area (Å²) >= 11 is 0. The molecule has 2 atom stereocenters. The molecule has 0 spiro atoms. The second-order valence-corrected chi connectivity index (χ2v) is 7.12. The van der Waals surface area contributed by atoms with Crippen LogP contribution in [0.3, 0.4) is 0 Å². The van der Waals surface area contributed by atoms with Crippen molar-refractivity contribution in [2.24, 2.45) is 18.9 Å². The second-order valence-electron chi connectivity index (χ2n) is 5.24. The average Bonchev–Trinajstić information content (AvgIpc) is 2.93. The van der Waals surface area contributed by atoms with E-state index in [1.165, 1.54) is 0 Å². The summed E-state index contributed by atoms with van der Waals surface area (Å²) in [5.74, 6) is 1.64. The molecular weight excluding hydrogens is 252 g/mol. The molecule has 0 radical (unpaired) electrons. The van der Waals surface area contributed by atoms with Crippen molar-refractivity contribution in [3.8, 4) is 0 Å². The Morgan fingerprint density at radius 2 is 1.94 bits per heavy atom. The molecule has 3 heterocycles. The molecule has 1 aromatic heterocycles. The van der Waals surface area contributed by atoms with Gasteiger partial charge in [-0.25, -0.2) is 13.4 Å². The highest BCUT2D eigenvalue weighted by Crippen LogP contribution is 2.30. The van der Waals surface area contributed by atoms with Crippen LogP contribution in [0.1, 0.15) is 5.82 Å². The van der Waals surface area contributed by atoms with Crippen molar-refractivity contribution in [1.82, 2.24) is 19.2 Å². The largest absolute Gasteiger partial charge is 0.337 e. The topological polar surface area (TPSA) is 67.2 Å². The Kier molecular flexibility index (Phi) is 2.72. The van der Waals surface area contributed by atoms with Gasteiger partial charge in [0.15, 0.2) is 5.03 Å². The fourth-order valence-electron chi connectivity index (χ4n) is 2.79. The van der Waals surface area contributed by atoms with Crippen molar-refractivity contribution >= 4 is 10.0 Å². The molecule has 6 nitrogen and oxygen atoms in total. The first-order chi connectivity index (χ1) is 8.48. The third-order valence-electron chi connectivity index (χ3n) is 4.05. The van der Waals surface area contributed by atoms with Crippen LogP contribution in [0.25, 0.3) is 0 Å². The zero-order valence-corrected chi connectivity index (χ0v) is 11.4. The first kappa shape index (κ1) is 12.1. The molecule has 2 aliphatic heterocycles. The fraction of sp³-hybridized carbons (Fsp3) is 0.727. The molecule has 0 saturated carbocycles. The Labute approximate surface area is 107 Å². The van der Waals surface area contributed by atoms with Gasteiger partial charge in [-0.3, -0.25) is 0 Å². The van der Waals surface area contributed by atoms with E-state index in [1.807, 2.05) is 14.0 Å². The first-order valence-electron chi connectivity index (χ1n) is 6.19. The van der Waals surface area contributed by atoms with Gasteiger partial charge in [-0.1, -0.05) is 0 Å². The fourth-order valence-corrected chi connectivity index (χ4v) is 4.37. The lowest BCUT2D eigenvalue weighted by molar-refractivity contribution is 0.446. The van der Waals surface area contributed by atoms with Crippen molar-refractivity contribution in [2.45, 2.75) is 11.9 Å². The Bertz CT molecular complexity index is 534. The maximum atomic E-state index is 12.5. The standard InChI is InChI=1S/C11H18N4O2S/c1-8-13-11(7-14(8)2)18(16,17)15-5-9-3-12-4-10(9)6-15/h7,9-10,12H,3-6H2,1-2H3/t9-,10+. The Morgan fingerprint density at radius 3 is 2.44 bits per heavy atom. The van der Waals surface area contributed by atoms with Gasteiger partial charge in [-0.05, 0) is 31.8 Å². The molecule has 0 aromatic carbocycles. The van der Waals surface area contributed by atoms with Crippen LogP contribution >= 0.6 is 0 Å². The van der Waals surface area contributed by atoms with Crippen LogP contribution in [-0.2, 0) is 17.1 Å². The minimum absolute atomic E-state index is 0.176. The van der Waals surface area contributed by atoms with E-state index in [1.54, 1.807) is 15.1 Å². The highest BCUT2D eigenvalue weighted by Gasteiger charge is 2.42. The van der Waals surface area contributed by atoms with Crippen molar-refractivity contribution < 1.29 is 8.42 Å². The quantitative estimate of drug-likeness (QED) is 0.792. The second kappa shape index (κ2) is 4.04. The smallest absolute Gasteiger partial charge is 0.262 e. The molecular formula is C11H18N4O2S. The molecule has 0 amide bonds. The molecule has 100 valence electrons. The summed E-state index contributed by atoms with van der Waals surface area (Å²) in [4.78, 5) is 4.14. The van der Waals surface area contributed by atoms with Crippen molar-refractivity contribution in [3.63, 3.8) is 0 Å². The zero-order valence-electron chi connectivity index (χ0n) is 10.6. The van der Waals surface area contributed by atoms with Crippen LogP contribution in [0.15, 0.2) is 11.2 Å². The zero-order chi connectivity index (χ0) is 12.9. The summed E-state index contributed by atoms with van der Waals surface area (Å²) in [7, 11) is -1.60. The average molecular weight is 270 g/mol. The highest BCUT2D eigenvalue weighted by atomic mass is 32.2. The SMILES string of the molecule is Cc1nc(S(=O)(=O)N2C[C@H]3CNC[C@H]3C2)cn1C. The van der Waals surface area contributed by atoms with Crippen molar-refractivity contribution in [2.75, 3.05) is 26.2 Å². The third kappa shape index (κ3) is 1.77. The summed E-state index contributed by atoms with van der Waals surface area (Å²) < 4.78 is 28.3. The van der Waals surface area contributed by atoms with E-state index in [0.29, 0.717) is 24.9 Å². The molecule has 2 fully saturated rings. The van der Waals surface area contributed by atoms with E-state index in [9.17, 15) is 8.42 Å². The van der Waals surface area contributed by atoms with E-state index in [4.69, 9.17) is 0 Å². The molecule has 1 N–H and O–H groups in total. The van der Waals surface area contributed by atoms with E-state index in [0.717, 1.165) is 18.9 Å². The third-order valence-corrected chi connectivity index (χ3v) is 5.75. The number of sulfonamides is 1. The number of fused-ring (bicyclic) bond motifs is 1. The molecule has 1 aromatic rings. The lowest BCUT2D eigenvalue weighted by Crippen LogP contribution is -2.32. The number of nitrogens with one attached hydrogen (secondary N) is 1. The summed E-state index contributed by atoms with van der Waals surface area (Å²) in [5, 5.41) is 3.48. The van der Waals surface area contributed by atoms with Crippen LogP contribution in [-0.4, -0.2) is 48.5 Å². The summed E-state index contributed by atoms with van der Waals surface area (Å²) in [6.07, 6.45) is 1.59. The predicted octanol–water partition coefficient (Wildman–Crippen LogP) is -0.432. The van der Waals surface area contributed by atoms with Crippen molar-refractivity contribution in [3.05, 3.63) is 12.0 Å². The number of hydrogen-bond donors (Lipinski definition) is 1. The molecule has 3 rings (SSSR count). The predicted molar refractivity (Wildman–Crippen MR) is 66.6 cm³/mol. The number of hydrogen-bond acceptors (Lipinski definition) is 4. The van der Waals surface area contributed by atoms with Crippen LogP contribution in [0.4, 0.5) is 0 Å². The number of aromatic nitrogens is 2. The van der Waals surface area contributed by atoms with E-state index in [2.05, 4.69) is 10.3 Å². The molecule has 18 heavy (non-hydrogen) atoms. The van der Waals surface area contributed by atoms with Gasteiger partial charge in [-0.15, -0.1) is 0 Å². The van der Waals surface area contributed by atoms with Crippen LogP contribution in [0.2, 0.25) is 0 Å². The number of aryl methyl sites for hydroxylation is 2. The number of imidazole rings is 1. The summed E-state index contributed by atoms with van der Waals surface area (Å²) in [6, 6.07) is 0. The van der Waals surface area contributed by atoms with E-state index < -0.39 is 10.0 Å². The van der Waals surface area contributed by atoms with Gasteiger partial charge in [0.05, 0.1) is 0 Å². The highest BCUT2D eigenvalue weighted by molar-refractivity contribution is 7.89. The van der Waals surface area contributed by atoms with Gasteiger partial charge in [0, 0.05) is 26.3 Å². The van der Waals surface area contributed by atoms with E-state index in [-0.39, 0.29) is 5.03 Å². The van der Waals surface area contributed by atoms with Gasteiger partial charge in [-0.2, -0.15) is 4.31 Å². The molecule has 2 saturated heterocycles. The number of rotatable bonds is 2. The number of nitrogens with zero attached hydrogens (tertiary/aromatic N) is 3. The van der Waals surface area contributed by atoms with Gasteiger partial charge in [0.25, 0.3) is 10.0 Å². The first-order valence-corrected chi connectivity index (χ1v) is 7.63. The Morgan fingerprint density at radius 1 is 1.33 bits per heavy atom. The van der Waals surface area contributed by atoms with Gasteiger partial charge in [0.2, 0.25) is 0 Å².